The van der Waals surface area contributed by atoms with Crippen molar-refractivity contribution in [2.75, 3.05) is 18.4 Å². The molecule has 1 aromatic carbocycles. The molecule has 0 spiro atoms. The molecule has 196 valence electrons. The largest absolute Gasteiger partial charge is 0.365 e. The van der Waals surface area contributed by atoms with Crippen LogP contribution in [0, 0.1) is 5.82 Å². The van der Waals surface area contributed by atoms with Crippen molar-refractivity contribution in [1.82, 2.24) is 19.4 Å². The summed E-state index contributed by atoms with van der Waals surface area (Å²) in [7, 11) is 1.60. The minimum absolute atomic E-state index is 0.0297. The number of benzene rings is 1. The van der Waals surface area contributed by atoms with Crippen LogP contribution in [-0.4, -0.2) is 44.5 Å². The number of halogens is 3. The lowest BCUT2D eigenvalue weighted by Gasteiger charge is -2.30. The van der Waals surface area contributed by atoms with Crippen molar-refractivity contribution in [3.63, 3.8) is 0 Å². The summed E-state index contributed by atoms with van der Waals surface area (Å²) in [6.45, 7) is 3.86. The summed E-state index contributed by atoms with van der Waals surface area (Å²) in [5.41, 5.74) is -1.11. The summed E-state index contributed by atoms with van der Waals surface area (Å²) in [6.07, 6.45) is 0.641. The molecule has 1 unspecified atom stereocenters. The molecule has 1 saturated heterocycles. The van der Waals surface area contributed by atoms with Gasteiger partial charge in [0.1, 0.15) is 29.2 Å². The number of amides is 1. The molecule has 3 aromatic rings. The lowest BCUT2D eigenvalue weighted by molar-refractivity contribution is -0.130. The third-order valence-electron chi connectivity index (χ3n) is 7.20. The number of alkyl halides is 2. The second-order valence-corrected chi connectivity index (χ2v) is 9.80. The maximum absolute atomic E-state index is 14.8. The van der Waals surface area contributed by atoms with Crippen LogP contribution in [0.5, 0.6) is 0 Å². The molecular formula is C26H28F3N5O3. The van der Waals surface area contributed by atoms with E-state index in [9.17, 15) is 22.8 Å². The molecule has 3 heterocycles. The fourth-order valence-corrected chi connectivity index (χ4v) is 5.00. The lowest BCUT2D eigenvalue weighted by Crippen LogP contribution is -2.41. The van der Waals surface area contributed by atoms with Gasteiger partial charge in [-0.3, -0.25) is 14.2 Å². The summed E-state index contributed by atoms with van der Waals surface area (Å²) in [5, 5.41) is 3.61. The third kappa shape index (κ3) is 4.56. The molecule has 0 bridgehead atoms. The predicted molar refractivity (Wildman–Crippen MR) is 131 cm³/mol. The summed E-state index contributed by atoms with van der Waals surface area (Å²) < 4.78 is 49.1. The molecule has 11 heteroatoms. The predicted octanol–water partition coefficient (Wildman–Crippen LogP) is 4.20. The Morgan fingerprint density at radius 1 is 1.24 bits per heavy atom. The Bertz CT molecular complexity index is 1420. The van der Waals surface area contributed by atoms with Gasteiger partial charge in [-0.05, 0) is 25.8 Å². The standard InChI is InChI=1S/C26H28F3N5O3/c1-14(17-5-4-6-18(21(17)27)22(28)29)32-23-19-11-20(25(36)33(3)24(19)31-13-30-23)26(37-16-7-8-16)9-10-34(12-26)15(2)35/h4-6,11,13-14,16,22H,7-10,12H2,1-3H3,(H,30,31,32)/t14-,26?/m1/s1. The van der Waals surface area contributed by atoms with Crippen LogP contribution in [0.25, 0.3) is 11.0 Å². The fraction of sp³-hybridized carbons (Fsp3) is 0.462. The molecule has 5 rings (SSSR count). The minimum Gasteiger partial charge on any atom is -0.365 e. The number of nitrogens with zero attached hydrogens (tertiary/aromatic N) is 4. The normalized spacial score (nSPS) is 20.6. The van der Waals surface area contributed by atoms with Crippen molar-refractivity contribution in [2.45, 2.75) is 57.3 Å². The number of fused-ring (bicyclic) bond motifs is 1. The Labute approximate surface area is 211 Å². The topological polar surface area (TPSA) is 89.3 Å². The molecule has 1 amide bonds. The monoisotopic (exact) mass is 515 g/mol. The maximum atomic E-state index is 14.8. The highest BCUT2D eigenvalue weighted by molar-refractivity contribution is 5.87. The Morgan fingerprint density at radius 2 is 1.97 bits per heavy atom. The summed E-state index contributed by atoms with van der Waals surface area (Å²) in [6, 6.07) is 4.86. The van der Waals surface area contributed by atoms with Crippen molar-refractivity contribution in [3.05, 3.63) is 63.5 Å². The van der Waals surface area contributed by atoms with E-state index in [1.807, 2.05) is 0 Å². The SMILES string of the molecule is CC(=O)N1CCC(OC2CC2)(c2cc3c(N[C@H](C)c4cccc(C(F)F)c4F)ncnc3n(C)c2=O)C1. The van der Waals surface area contributed by atoms with Crippen molar-refractivity contribution in [1.29, 1.82) is 0 Å². The van der Waals surface area contributed by atoms with Gasteiger partial charge in [-0.15, -0.1) is 0 Å². The number of carbonyl (C=O) groups is 1. The molecule has 37 heavy (non-hydrogen) atoms. The first kappa shape index (κ1) is 25.2. The van der Waals surface area contributed by atoms with Gasteiger partial charge in [0, 0.05) is 32.5 Å². The Kier molecular flexibility index (Phi) is 6.43. The van der Waals surface area contributed by atoms with E-state index in [0.29, 0.717) is 35.4 Å². The number of hydrogen-bond acceptors (Lipinski definition) is 6. The fourth-order valence-electron chi connectivity index (χ4n) is 5.00. The zero-order chi connectivity index (χ0) is 26.5. The number of anilines is 1. The molecule has 1 saturated carbocycles. The minimum atomic E-state index is -2.94. The summed E-state index contributed by atoms with van der Waals surface area (Å²) in [5.74, 6) is -0.748. The molecule has 1 aliphatic heterocycles. The van der Waals surface area contributed by atoms with Gasteiger partial charge in [0.2, 0.25) is 5.91 Å². The molecule has 2 fully saturated rings. The molecule has 0 radical (unpaired) electrons. The first-order valence-electron chi connectivity index (χ1n) is 12.2. The zero-order valence-corrected chi connectivity index (χ0v) is 20.8. The summed E-state index contributed by atoms with van der Waals surface area (Å²) >= 11 is 0. The molecule has 8 nitrogen and oxygen atoms in total. The van der Waals surface area contributed by atoms with Gasteiger partial charge in [-0.25, -0.2) is 23.1 Å². The van der Waals surface area contributed by atoms with E-state index in [1.54, 1.807) is 24.9 Å². The average Bonchev–Trinajstić information content (AvgIpc) is 3.56. The quantitative estimate of drug-likeness (QED) is 0.507. The van der Waals surface area contributed by atoms with E-state index in [2.05, 4.69) is 15.3 Å². The molecule has 1 N–H and O–H groups in total. The van der Waals surface area contributed by atoms with Crippen LogP contribution in [-0.2, 0) is 22.2 Å². The van der Waals surface area contributed by atoms with Crippen molar-refractivity contribution in [2.24, 2.45) is 7.05 Å². The number of ether oxygens (including phenoxy) is 1. The number of hydrogen-bond donors (Lipinski definition) is 1. The molecule has 2 aliphatic rings. The van der Waals surface area contributed by atoms with E-state index in [-0.39, 0.29) is 29.7 Å². The number of aryl methyl sites for hydroxylation is 1. The van der Waals surface area contributed by atoms with Gasteiger partial charge in [0.15, 0.2) is 0 Å². The highest BCUT2D eigenvalue weighted by atomic mass is 19.3. The molecule has 1 aliphatic carbocycles. The second kappa shape index (κ2) is 9.44. The second-order valence-electron chi connectivity index (χ2n) is 9.80. The smallest absolute Gasteiger partial charge is 0.266 e. The van der Waals surface area contributed by atoms with Crippen LogP contribution >= 0.6 is 0 Å². The number of aromatic nitrogens is 3. The van der Waals surface area contributed by atoms with Crippen LogP contribution in [0.3, 0.4) is 0 Å². The van der Waals surface area contributed by atoms with Gasteiger partial charge < -0.3 is 15.0 Å². The first-order chi connectivity index (χ1) is 17.6. The van der Waals surface area contributed by atoms with E-state index >= 15 is 0 Å². The zero-order valence-electron chi connectivity index (χ0n) is 20.8. The Hall–Kier alpha value is -3.47. The van der Waals surface area contributed by atoms with E-state index in [4.69, 9.17) is 4.74 Å². The first-order valence-corrected chi connectivity index (χ1v) is 12.2. The van der Waals surface area contributed by atoms with Crippen molar-refractivity contribution in [3.8, 4) is 0 Å². The van der Waals surface area contributed by atoms with Crippen LogP contribution in [0.2, 0.25) is 0 Å². The Morgan fingerprint density at radius 3 is 2.62 bits per heavy atom. The van der Waals surface area contributed by atoms with Crippen molar-refractivity contribution < 1.29 is 22.7 Å². The van der Waals surface area contributed by atoms with Crippen LogP contribution in [0.15, 0.2) is 35.4 Å². The number of nitrogens with one attached hydrogen (secondary N) is 1. The molecule has 2 atom stereocenters. The van der Waals surface area contributed by atoms with E-state index in [0.717, 1.165) is 18.9 Å². The third-order valence-corrected chi connectivity index (χ3v) is 7.20. The number of carbonyl (C=O) groups excluding carboxylic acids is 1. The van der Waals surface area contributed by atoms with Gasteiger partial charge in [-0.1, -0.05) is 18.2 Å². The highest BCUT2D eigenvalue weighted by Gasteiger charge is 2.47. The van der Waals surface area contributed by atoms with E-state index < -0.39 is 29.4 Å². The molecular weight excluding hydrogens is 487 g/mol. The van der Waals surface area contributed by atoms with Gasteiger partial charge in [-0.2, -0.15) is 0 Å². The lowest BCUT2D eigenvalue weighted by atomic mass is 9.92. The van der Waals surface area contributed by atoms with Crippen molar-refractivity contribution >= 4 is 22.8 Å². The van der Waals surface area contributed by atoms with Crippen LogP contribution < -0.4 is 10.9 Å². The number of likely N-dealkylation sites (tertiary alicyclic amines) is 1. The van der Waals surface area contributed by atoms with Gasteiger partial charge >= 0.3 is 0 Å². The van der Waals surface area contributed by atoms with Gasteiger partial charge in [0.25, 0.3) is 12.0 Å². The average molecular weight is 516 g/mol. The summed E-state index contributed by atoms with van der Waals surface area (Å²) in [4.78, 5) is 35.9. The van der Waals surface area contributed by atoms with Crippen LogP contribution in [0.4, 0.5) is 19.0 Å². The van der Waals surface area contributed by atoms with Gasteiger partial charge in [0.05, 0.1) is 35.2 Å². The maximum Gasteiger partial charge on any atom is 0.266 e. The Balaban J connectivity index is 1.59. The van der Waals surface area contributed by atoms with E-state index in [1.165, 1.54) is 30.0 Å². The number of rotatable bonds is 7. The highest BCUT2D eigenvalue weighted by Crippen LogP contribution is 2.41. The number of pyridine rings is 1. The molecule has 2 aromatic heterocycles. The van der Waals surface area contributed by atoms with Crippen LogP contribution in [0.1, 0.15) is 62.3 Å².